The predicted octanol–water partition coefficient (Wildman–Crippen LogP) is 9.61. The van der Waals surface area contributed by atoms with E-state index in [9.17, 15) is 0 Å². The Bertz CT molecular complexity index is 2860. The Hall–Kier alpha value is -5.45. The molecule has 6 heteroatoms. The summed E-state index contributed by atoms with van der Waals surface area (Å²) in [5.74, 6) is 0.629. The van der Waals surface area contributed by atoms with E-state index in [2.05, 4.69) is 116 Å². The number of benzene rings is 7. The molecule has 7 aromatic carbocycles. The second kappa shape index (κ2) is 10.3. The molecule has 226 valence electrons. The lowest BCUT2D eigenvalue weighted by atomic mass is 9.76. The van der Waals surface area contributed by atoms with Crippen LogP contribution in [0.3, 0.4) is 0 Å². The molecule has 0 atom stereocenters. The van der Waals surface area contributed by atoms with Crippen LogP contribution in [0.4, 0.5) is 11.6 Å². The molecule has 0 amide bonds. The zero-order valence-corrected chi connectivity index (χ0v) is 27.8. The molecular weight excluding hydrogens is 612 g/mol. The summed E-state index contributed by atoms with van der Waals surface area (Å²) in [6.45, 7) is 4.60. The molecule has 1 aliphatic heterocycles. The zero-order chi connectivity index (χ0) is 33.0. The Balaban J connectivity index is 1.42. The molecule has 0 saturated heterocycles. The van der Waals surface area contributed by atoms with Gasteiger partial charge in [-0.3, -0.25) is 4.90 Å². The van der Waals surface area contributed by atoms with Gasteiger partial charge in [-0.15, -0.1) is 11.3 Å². The maximum Gasteiger partial charge on any atom is 0.231 e. The summed E-state index contributed by atoms with van der Waals surface area (Å²) in [5.41, 5.74) is 7.99. The highest BCUT2D eigenvalue weighted by molar-refractivity contribution is 7.26. The van der Waals surface area contributed by atoms with Crippen LogP contribution in [0.1, 0.15) is 19.4 Å². The van der Waals surface area contributed by atoms with Crippen molar-refractivity contribution in [3.63, 3.8) is 0 Å². The van der Waals surface area contributed by atoms with Gasteiger partial charge in [0.05, 0.1) is 27.1 Å². The quantitative estimate of drug-likeness (QED) is 0.177. The summed E-state index contributed by atoms with van der Waals surface area (Å²) in [5, 5.41) is 8.41. The van der Waals surface area contributed by atoms with Crippen molar-refractivity contribution in [1.82, 2.24) is 9.97 Å². The molecule has 0 saturated carbocycles. The first kappa shape index (κ1) is 28.6. The summed E-state index contributed by atoms with van der Waals surface area (Å²) in [4.78, 5) is 13.2. The highest BCUT2D eigenvalue weighted by Crippen LogP contribution is 2.59. The summed E-state index contributed by atoms with van der Waals surface area (Å²) < 4.78 is 2.49. The molecule has 4 radical (unpaired) electrons. The molecule has 0 unspecified atom stereocenters. The van der Waals surface area contributed by atoms with Gasteiger partial charge < -0.3 is 0 Å². The molecular formula is C43H27B2N3S. The summed E-state index contributed by atoms with van der Waals surface area (Å²) in [6.07, 6.45) is 0. The van der Waals surface area contributed by atoms with E-state index in [1.54, 1.807) is 6.07 Å². The van der Waals surface area contributed by atoms with Crippen molar-refractivity contribution in [1.29, 1.82) is 0 Å². The first-order valence-corrected chi connectivity index (χ1v) is 17.3. The Labute approximate surface area is 290 Å². The molecule has 3 nitrogen and oxygen atoms in total. The Morgan fingerprint density at radius 1 is 0.633 bits per heavy atom. The van der Waals surface area contributed by atoms with E-state index in [-0.39, 0.29) is 0 Å². The maximum absolute atomic E-state index is 6.65. The van der Waals surface area contributed by atoms with Crippen molar-refractivity contribution in [2.75, 3.05) is 4.90 Å². The van der Waals surface area contributed by atoms with Crippen LogP contribution < -0.4 is 15.8 Å². The van der Waals surface area contributed by atoms with Gasteiger partial charge in [-0.1, -0.05) is 126 Å². The number of anilines is 2. The summed E-state index contributed by atoms with van der Waals surface area (Å²) in [6, 6.07) is 44.8. The molecule has 0 N–H and O–H groups in total. The van der Waals surface area contributed by atoms with Crippen molar-refractivity contribution in [2.45, 2.75) is 19.4 Å². The topological polar surface area (TPSA) is 29.0 Å². The molecule has 0 aliphatic carbocycles. The smallest absolute Gasteiger partial charge is 0.231 e. The van der Waals surface area contributed by atoms with Crippen LogP contribution >= 0.6 is 11.3 Å². The fourth-order valence-corrected chi connectivity index (χ4v) is 9.33. The highest BCUT2D eigenvalue weighted by Gasteiger charge is 2.43. The third-order valence-corrected chi connectivity index (χ3v) is 11.4. The SMILES string of the molecule is [B]c1ccc(-c2nc(N3c4c(c5ccccc5c5c4sc4ccccc45)-c4c(ccc5ccccc45)C3(C)C)nc3ccccc23)c([B])c1. The van der Waals surface area contributed by atoms with Gasteiger partial charge >= 0.3 is 0 Å². The zero-order valence-electron chi connectivity index (χ0n) is 27.0. The van der Waals surface area contributed by atoms with E-state index >= 15 is 0 Å². The van der Waals surface area contributed by atoms with Crippen LogP contribution in [-0.4, -0.2) is 25.7 Å². The summed E-state index contributed by atoms with van der Waals surface area (Å²) in [7, 11) is 12.8. The number of para-hydroxylation sites is 1. The van der Waals surface area contributed by atoms with Crippen molar-refractivity contribution >= 4 is 102 Å². The lowest BCUT2D eigenvalue weighted by molar-refractivity contribution is 0.525. The average Bonchev–Trinajstić information content (AvgIpc) is 3.51. The predicted molar refractivity (Wildman–Crippen MR) is 211 cm³/mol. The normalized spacial score (nSPS) is 13.8. The Morgan fingerprint density at radius 2 is 1.33 bits per heavy atom. The monoisotopic (exact) mass is 639 g/mol. The van der Waals surface area contributed by atoms with E-state index in [0.717, 1.165) is 27.8 Å². The second-order valence-corrected chi connectivity index (χ2v) is 14.5. The number of nitrogens with zero attached hydrogens (tertiary/aromatic N) is 3. The van der Waals surface area contributed by atoms with Crippen LogP contribution in [0.15, 0.2) is 127 Å². The van der Waals surface area contributed by atoms with Gasteiger partial charge in [0.25, 0.3) is 0 Å². The second-order valence-electron chi connectivity index (χ2n) is 13.4. The third kappa shape index (κ3) is 3.98. The molecule has 9 aromatic rings. The molecule has 1 aliphatic rings. The van der Waals surface area contributed by atoms with Gasteiger partial charge in [-0.2, -0.15) is 0 Å². The van der Waals surface area contributed by atoms with Gasteiger partial charge in [0.1, 0.15) is 15.7 Å². The number of fused-ring (bicyclic) bond motifs is 13. The van der Waals surface area contributed by atoms with Crippen molar-refractivity contribution in [3.05, 3.63) is 133 Å². The first-order chi connectivity index (χ1) is 23.9. The minimum absolute atomic E-state index is 0.537. The maximum atomic E-state index is 6.65. The number of rotatable bonds is 2. The molecule has 10 rings (SSSR count). The molecule has 49 heavy (non-hydrogen) atoms. The fourth-order valence-electron chi connectivity index (χ4n) is 8.07. The highest BCUT2D eigenvalue weighted by atomic mass is 32.1. The van der Waals surface area contributed by atoms with Gasteiger partial charge in [0.15, 0.2) is 0 Å². The minimum atomic E-state index is -0.537. The van der Waals surface area contributed by atoms with E-state index in [1.807, 2.05) is 35.6 Å². The number of hydrogen-bond acceptors (Lipinski definition) is 4. The number of hydrogen-bond donors (Lipinski definition) is 0. The van der Waals surface area contributed by atoms with Gasteiger partial charge in [0.2, 0.25) is 5.95 Å². The van der Waals surface area contributed by atoms with Crippen molar-refractivity contribution < 1.29 is 0 Å². The Kier molecular flexibility index (Phi) is 5.99. The van der Waals surface area contributed by atoms with Crippen molar-refractivity contribution in [3.8, 4) is 22.4 Å². The minimum Gasteiger partial charge on any atom is -0.299 e. The van der Waals surface area contributed by atoms with Crippen LogP contribution in [0.25, 0.3) is 75.0 Å². The van der Waals surface area contributed by atoms with Crippen LogP contribution in [-0.2, 0) is 5.54 Å². The largest absolute Gasteiger partial charge is 0.299 e. The third-order valence-electron chi connectivity index (χ3n) is 10.3. The standard InChI is InChI=1S/C43H27B2N3S/c1-43(2)32-22-19-24-11-3-4-12-26(24)37(32)38-28-14-6-5-13-27(28)36-31-16-8-10-18-35(31)49-41(36)40(38)48(43)42-46-34-17-9-7-15-30(34)39(47-42)29-21-20-25(44)23-33(29)45/h3-23H,1-2H3. The van der Waals surface area contributed by atoms with E-state index in [0.29, 0.717) is 16.9 Å². The Morgan fingerprint density at radius 3 is 2.14 bits per heavy atom. The molecule has 0 spiro atoms. The van der Waals surface area contributed by atoms with Crippen molar-refractivity contribution in [2.24, 2.45) is 0 Å². The van der Waals surface area contributed by atoms with E-state index in [1.165, 1.54) is 58.4 Å². The lowest BCUT2D eigenvalue weighted by Crippen LogP contribution is -2.42. The van der Waals surface area contributed by atoms with E-state index in [4.69, 9.17) is 25.7 Å². The van der Waals surface area contributed by atoms with Gasteiger partial charge in [-0.05, 0) is 64.2 Å². The lowest BCUT2D eigenvalue weighted by Gasteiger charge is -2.46. The van der Waals surface area contributed by atoms with Gasteiger partial charge in [0, 0.05) is 26.4 Å². The van der Waals surface area contributed by atoms with Crippen LogP contribution in [0.5, 0.6) is 0 Å². The average molecular weight is 639 g/mol. The molecule has 0 fully saturated rings. The van der Waals surface area contributed by atoms with Crippen LogP contribution in [0.2, 0.25) is 0 Å². The van der Waals surface area contributed by atoms with Gasteiger partial charge in [-0.25, -0.2) is 9.97 Å². The molecule has 0 bridgehead atoms. The fraction of sp³-hybridized carbons (Fsp3) is 0.0698. The first-order valence-electron chi connectivity index (χ1n) is 16.5. The molecule has 2 aromatic heterocycles. The van der Waals surface area contributed by atoms with Crippen LogP contribution in [0, 0.1) is 0 Å². The number of aromatic nitrogens is 2. The summed E-state index contributed by atoms with van der Waals surface area (Å²) >= 11 is 1.85. The number of thiophene rings is 1. The van der Waals surface area contributed by atoms with E-state index < -0.39 is 5.54 Å². The molecule has 3 heterocycles.